The Hall–Kier alpha value is -5.34. The SMILES string of the molecule is C1=CN(c2c(-c3ccccc3)cccc2-c2ccccc2)CN1c1c(-c2ccccc2)cccc1-c1ccccc1. The maximum Gasteiger partial charge on any atom is 0.0990 e. The highest BCUT2D eigenvalue weighted by Crippen LogP contribution is 2.44. The third kappa shape index (κ3) is 4.81. The van der Waals surface area contributed by atoms with Crippen LogP contribution < -0.4 is 9.80 Å². The van der Waals surface area contributed by atoms with Gasteiger partial charge in [0, 0.05) is 34.7 Å². The Labute approximate surface area is 242 Å². The molecule has 1 aliphatic rings. The van der Waals surface area contributed by atoms with Crippen molar-refractivity contribution in [3.05, 3.63) is 170 Å². The van der Waals surface area contributed by atoms with Gasteiger partial charge in [0.15, 0.2) is 0 Å². The number of para-hydroxylation sites is 2. The predicted molar refractivity (Wildman–Crippen MR) is 174 cm³/mol. The Morgan fingerprint density at radius 1 is 0.293 bits per heavy atom. The summed E-state index contributed by atoms with van der Waals surface area (Å²) in [6.07, 6.45) is 4.45. The molecule has 0 bridgehead atoms. The van der Waals surface area contributed by atoms with E-state index in [1.165, 1.54) is 55.9 Å². The number of hydrogen-bond donors (Lipinski definition) is 0. The van der Waals surface area contributed by atoms with Gasteiger partial charge in [-0.2, -0.15) is 0 Å². The minimum absolute atomic E-state index is 0.702. The lowest BCUT2D eigenvalue weighted by atomic mass is 9.95. The second-order valence-corrected chi connectivity index (χ2v) is 10.2. The molecule has 6 aromatic carbocycles. The molecule has 0 N–H and O–H groups in total. The fourth-order valence-corrected chi connectivity index (χ4v) is 5.82. The molecule has 6 aromatic rings. The first-order chi connectivity index (χ1) is 20.4. The molecule has 1 heterocycles. The van der Waals surface area contributed by atoms with Gasteiger partial charge >= 0.3 is 0 Å². The van der Waals surface area contributed by atoms with Gasteiger partial charge in [0.2, 0.25) is 0 Å². The van der Waals surface area contributed by atoms with Gasteiger partial charge in [-0.25, -0.2) is 0 Å². The number of rotatable bonds is 6. The van der Waals surface area contributed by atoms with Gasteiger partial charge in [-0.05, 0) is 22.3 Å². The number of hydrogen-bond acceptors (Lipinski definition) is 2. The second kappa shape index (κ2) is 11.0. The fraction of sp³-hybridized carbons (Fsp3) is 0.0256. The highest BCUT2D eigenvalue weighted by Gasteiger charge is 2.25. The van der Waals surface area contributed by atoms with Gasteiger partial charge in [0.1, 0.15) is 0 Å². The zero-order valence-corrected chi connectivity index (χ0v) is 22.8. The van der Waals surface area contributed by atoms with Crippen molar-refractivity contribution in [3.63, 3.8) is 0 Å². The maximum atomic E-state index is 2.39. The summed E-state index contributed by atoms with van der Waals surface area (Å²) in [5, 5.41) is 0. The third-order valence-corrected chi connectivity index (χ3v) is 7.72. The zero-order valence-electron chi connectivity index (χ0n) is 22.8. The summed E-state index contributed by atoms with van der Waals surface area (Å²) in [5.74, 6) is 0. The molecule has 0 fully saturated rings. The lowest BCUT2D eigenvalue weighted by Crippen LogP contribution is -2.26. The van der Waals surface area contributed by atoms with Crippen molar-refractivity contribution in [2.75, 3.05) is 16.5 Å². The molecule has 196 valence electrons. The lowest BCUT2D eigenvalue weighted by Gasteiger charge is -2.29. The van der Waals surface area contributed by atoms with Crippen molar-refractivity contribution in [1.82, 2.24) is 0 Å². The van der Waals surface area contributed by atoms with Crippen LogP contribution in [-0.2, 0) is 0 Å². The number of benzene rings is 6. The van der Waals surface area contributed by atoms with Crippen LogP contribution in [0.15, 0.2) is 170 Å². The highest BCUT2D eigenvalue weighted by atomic mass is 15.3. The molecule has 0 atom stereocenters. The Kier molecular flexibility index (Phi) is 6.64. The van der Waals surface area contributed by atoms with E-state index in [4.69, 9.17) is 0 Å². The maximum absolute atomic E-state index is 2.39. The van der Waals surface area contributed by atoms with Gasteiger partial charge in [-0.3, -0.25) is 0 Å². The van der Waals surface area contributed by atoms with E-state index in [1.54, 1.807) is 0 Å². The average molecular weight is 527 g/mol. The van der Waals surface area contributed by atoms with Crippen LogP contribution in [0.3, 0.4) is 0 Å². The molecule has 0 aliphatic carbocycles. The fourth-order valence-electron chi connectivity index (χ4n) is 5.82. The van der Waals surface area contributed by atoms with E-state index in [1.807, 2.05) is 0 Å². The van der Waals surface area contributed by atoms with Gasteiger partial charge in [-0.1, -0.05) is 158 Å². The summed E-state index contributed by atoms with van der Waals surface area (Å²) in [6, 6.07) is 56.1. The third-order valence-electron chi connectivity index (χ3n) is 7.72. The highest BCUT2D eigenvalue weighted by molar-refractivity contribution is 5.95. The molecule has 41 heavy (non-hydrogen) atoms. The van der Waals surface area contributed by atoms with Gasteiger partial charge in [0.25, 0.3) is 0 Å². The van der Waals surface area contributed by atoms with E-state index in [0.717, 1.165) is 0 Å². The number of anilines is 2. The smallest absolute Gasteiger partial charge is 0.0990 e. The first-order valence-corrected chi connectivity index (χ1v) is 14.1. The van der Waals surface area contributed by atoms with Crippen LogP contribution in [0.2, 0.25) is 0 Å². The largest absolute Gasteiger partial charge is 0.327 e. The first-order valence-electron chi connectivity index (χ1n) is 14.1. The molecule has 0 unspecified atom stereocenters. The summed E-state index contributed by atoms with van der Waals surface area (Å²) in [7, 11) is 0. The molecule has 0 aromatic heterocycles. The number of nitrogens with zero attached hydrogens (tertiary/aromatic N) is 2. The zero-order chi connectivity index (χ0) is 27.4. The van der Waals surface area contributed by atoms with Crippen molar-refractivity contribution < 1.29 is 0 Å². The lowest BCUT2D eigenvalue weighted by molar-refractivity contribution is 0.979. The summed E-state index contributed by atoms with van der Waals surface area (Å²) in [6.45, 7) is 0.702. The van der Waals surface area contributed by atoms with Crippen LogP contribution in [0.1, 0.15) is 0 Å². The van der Waals surface area contributed by atoms with E-state index >= 15 is 0 Å². The Morgan fingerprint density at radius 2 is 0.561 bits per heavy atom. The summed E-state index contributed by atoms with van der Waals surface area (Å²) in [5.41, 5.74) is 12.1. The van der Waals surface area contributed by atoms with Crippen LogP contribution in [-0.4, -0.2) is 6.67 Å². The van der Waals surface area contributed by atoms with Gasteiger partial charge in [-0.15, -0.1) is 0 Å². The molecule has 1 aliphatic heterocycles. The summed E-state index contributed by atoms with van der Waals surface area (Å²) >= 11 is 0. The summed E-state index contributed by atoms with van der Waals surface area (Å²) < 4.78 is 0. The molecule has 0 amide bonds. The molecular formula is C39H30N2. The van der Waals surface area contributed by atoms with Crippen molar-refractivity contribution in [1.29, 1.82) is 0 Å². The van der Waals surface area contributed by atoms with E-state index < -0.39 is 0 Å². The summed E-state index contributed by atoms with van der Waals surface area (Å²) in [4.78, 5) is 4.78. The normalized spacial score (nSPS) is 12.6. The molecule has 7 rings (SSSR count). The Balaban J connectivity index is 1.37. The van der Waals surface area contributed by atoms with Crippen molar-refractivity contribution in [3.8, 4) is 44.5 Å². The average Bonchev–Trinajstić information content (AvgIpc) is 3.55. The quantitative estimate of drug-likeness (QED) is 0.213. The monoisotopic (exact) mass is 526 g/mol. The van der Waals surface area contributed by atoms with Crippen LogP contribution in [0.4, 0.5) is 11.4 Å². The Bertz CT molecular complexity index is 1540. The van der Waals surface area contributed by atoms with E-state index in [2.05, 4.69) is 180 Å². The molecule has 0 radical (unpaired) electrons. The molecule has 0 saturated heterocycles. The Morgan fingerprint density at radius 3 is 0.829 bits per heavy atom. The molecular weight excluding hydrogens is 496 g/mol. The molecule has 0 saturated carbocycles. The molecule has 2 nitrogen and oxygen atoms in total. The van der Waals surface area contributed by atoms with Crippen LogP contribution in [0, 0.1) is 0 Å². The standard InChI is InChI=1S/C39H30N2/c1-5-15-30(16-6-1)34-23-13-24-35(31-17-7-2-8-18-31)38(34)40-27-28-41(29-40)39-36(32-19-9-3-10-20-32)25-14-26-37(39)33-21-11-4-12-22-33/h1-28H,29H2. The van der Waals surface area contributed by atoms with Crippen molar-refractivity contribution in [2.24, 2.45) is 0 Å². The van der Waals surface area contributed by atoms with Gasteiger partial charge < -0.3 is 9.80 Å². The van der Waals surface area contributed by atoms with Gasteiger partial charge in [0.05, 0.1) is 18.0 Å². The molecule has 0 spiro atoms. The van der Waals surface area contributed by atoms with Crippen LogP contribution in [0.25, 0.3) is 44.5 Å². The van der Waals surface area contributed by atoms with Crippen molar-refractivity contribution >= 4 is 11.4 Å². The molecule has 2 heteroatoms. The van der Waals surface area contributed by atoms with E-state index in [0.29, 0.717) is 6.67 Å². The van der Waals surface area contributed by atoms with E-state index in [-0.39, 0.29) is 0 Å². The predicted octanol–water partition coefficient (Wildman–Crippen LogP) is 10.1. The topological polar surface area (TPSA) is 6.48 Å². The van der Waals surface area contributed by atoms with Crippen LogP contribution >= 0.6 is 0 Å². The van der Waals surface area contributed by atoms with E-state index in [9.17, 15) is 0 Å². The van der Waals surface area contributed by atoms with Crippen molar-refractivity contribution in [2.45, 2.75) is 0 Å². The van der Waals surface area contributed by atoms with Crippen LogP contribution in [0.5, 0.6) is 0 Å². The minimum Gasteiger partial charge on any atom is -0.327 e. The minimum atomic E-state index is 0.702. The first kappa shape index (κ1) is 24.7. The second-order valence-electron chi connectivity index (χ2n) is 10.2.